The van der Waals surface area contributed by atoms with Crippen molar-refractivity contribution in [3.05, 3.63) is 131 Å². The quantitative estimate of drug-likeness (QED) is 0.155. The lowest BCUT2D eigenvalue weighted by molar-refractivity contribution is 0.0512. The molecule has 0 radical (unpaired) electrons. The summed E-state index contributed by atoms with van der Waals surface area (Å²) >= 11 is 0. The third-order valence-corrected chi connectivity index (χ3v) is 5.93. The minimum atomic E-state index is -1.13. The Morgan fingerprint density at radius 3 is 1.15 bits per heavy atom. The lowest BCUT2D eigenvalue weighted by Crippen LogP contribution is -2.19. The third kappa shape index (κ3) is 6.95. The largest absolute Gasteiger partial charge is 0.521 e. The van der Waals surface area contributed by atoms with Gasteiger partial charge in [0.2, 0.25) is 0 Å². The van der Waals surface area contributed by atoms with Gasteiger partial charge in [0.05, 0.1) is 11.1 Å². The first-order valence-corrected chi connectivity index (χ1v) is 11.9. The van der Waals surface area contributed by atoms with Crippen molar-refractivity contribution < 1.29 is 38.1 Å². The van der Waals surface area contributed by atoms with E-state index >= 15 is 0 Å². The van der Waals surface area contributed by atoms with E-state index in [4.69, 9.17) is 18.9 Å². The molecule has 0 saturated heterocycles. The highest BCUT2D eigenvalue weighted by Gasteiger charge is 2.24. The van der Waals surface area contributed by atoms with Crippen molar-refractivity contribution in [3.63, 3.8) is 0 Å². The Labute approximate surface area is 224 Å². The van der Waals surface area contributed by atoms with Crippen LogP contribution in [0.1, 0.15) is 45.7 Å². The molecule has 39 heavy (non-hydrogen) atoms. The number of hydrogen-bond donors (Lipinski definition) is 0. The molecule has 0 fully saturated rings. The molecule has 4 aromatic carbocycles. The standard InChI is InChI=1S/C31H24O8/c1-31(2,23-13-17-25(18-14-23)36-29(34)38-27(32)21-9-5-3-6-10-21)24-15-19-26(20-16-24)37-30(35)39-28(33)22-11-7-4-8-12-22/h3-20H,1-2H3. The maximum Gasteiger partial charge on any atom is 0.521 e. The average Bonchev–Trinajstić information content (AvgIpc) is 2.94. The zero-order valence-electron chi connectivity index (χ0n) is 21.2. The number of carbonyl (C=O) groups is 4. The summed E-state index contributed by atoms with van der Waals surface area (Å²) in [6.45, 7) is 4.00. The van der Waals surface area contributed by atoms with E-state index in [1.54, 1.807) is 84.9 Å². The van der Waals surface area contributed by atoms with Crippen LogP contribution in [0, 0.1) is 0 Å². The number of ether oxygens (including phenoxy) is 4. The summed E-state index contributed by atoms with van der Waals surface area (Å²) < 4.78 is 19.7. The van der Waals surface area contributed by atoms with E-state index in [0.717, 1.165) is 11.1 Å². The first-order chi connectivity index (χ1) is 18.7. The minimum absolute atomic E-state index is 0.215. The molecular formula is C31H24O8. The van der Waals surface area contributed by atoms with Gasteiger partial charge in [-0.25, -0.2) is 19.2 Å². The monoisotopic (exact) mass is 524 g/mol. The lowest BCUT2D eigenvalue weighted by Gasteiger charge is -2.26. The second-order valence-corrected chi connectivity index (χ2v) is 8.89. The zero-order valence-corrected chi connectivity index (χ0v) is 21.2. The number of hydrogen-bond acceptors (Lipinski definition) is 8. The van der Waals surface area contributed by atoms with Crippen molar-refractivity contribution in [2.45, 2.75) is 19.3 Å². The fraction of sp³-hybridized carbons (Fsp3) is 0.0968. The molecule has 0 saturated carbocycles. The van der Waals surface area contributed by atoms with Gasteiger partial charge in [-0.3, -0.25) is 0 Å². The van der Waals surface area contributed by atoms with Gasteiger partial charge in [-0.05, 0) is 59.7 Å². The van der Waals surface area contributed by atoms with E-state index in [0.29, 0.717) is 0 Å². The fourth-order valence-electron chi connectivity index (χ4n) is 3.70. The normalized spacial score (nSPS) is 10.7. The summed E-state index contributed by atoms with van der Waals surface area (Å²) in [4.78, 5) is 48.0. The van der Waals surface area contributed by atoms with E-state index in [1.807, 2.05) is 13.8 Å². The van der Waals surface area contributed by atoms with Gasteiger partial charge in [-0.2, -0.15) is 0 Å². The Balaban J connectivity index is 1.34. The number of esters is 2. The van der Waals surface area contributed by atoms with Crippen LogP contribution in [0.25, 0.3) is 0 Å². The summed E-state index contributed by atoms with van der Waals surface area (Å²) in [5.74, 6) is -1.18. The molecule has 0 aliphatic carbocycles. The number of rotatable bonds is 6. The van der Waals surface area contributed by atoms with Gasteiger partial charge in [0.1, 0.15) is 11.5 Å². The molecule has 0 aromatic heterocycles. The van der Waals surface area contributed by atoms with Gasteiger partial charge in [-0.15, -0.1) is 0 Å². The Bertz CT molecular complexity index is 1350. The highest BCUT2D eigenvalue weighted by atomic mass is 16.7. The van der Waals surface area contributed by atoms with Crippen molar-refractivity contribution in [1.29, 1.82) is 0 Å². The van der Waals surface area contributed by atoms with E-state index < -0.39 is 29.7 Å². The molecule has 0 aliphatic heterocycles. The summed E-state index contributed by atoms with van der Waals surface area (Å²) in [6, 6.07) is 29.8. The fourth-order valence-corrected chi connectivity index (χ4v) is 3.70. The van der Waals surface area contributed by atoms with Crippen LogP contribution in [0.2, 0.25) is 0 Å². The molecule has 8 heteroatoms. The van der Waals surface area contributed by atoms with E-state index in [2.05, 4.69) is 0 Å². The predicted octanol–water partition coefficient (Wildman–Crippen LogP) is 6.72. The SMILES string of the molecule is CC(C)(c1ccc(OC(=O)OC(=O)c2ccccc2)cc1)c1ccc(OC(=O)OC(=O)c2ccccc2)cc1. The summed E-state index contributed by atoms with van der Waals surface area (Å²) in [7, 11) is 0. The lowest BCUT2D eigenvalue weighted by atomic mass is 9.78. The van der Waals surface area contributed by atoms with Gasteiger partial charge >= 0.3 is 24.2 Å². The number of benzene rings is 4. The van der Waals surface area contributed by atoms with Gasteiger partial charge in [0.15, 0.2) is 0 Å². The van der Waals surface area contributed by atoms with Crippen molar-refractivity contribution in [3.8, 4) is 11.5 Å². The van der Waals surface area contributed by atoms with Gasteiger partial charge in [0, 0.05) is 5.41 Å². The van der Waals surface area contributed by atoms with E-state index in [-0.39, 0.29) is 22.6 Å². The molecule has 4 rings (SSSR count). The number of carbonyl (C=O) groups excluding carboxylic acids is 4. The van der Waals surface area contributed by atoms with Crippen molar-refractivity contribution in [2.75, 3.05) is 0 Å². The van der Waals surface area contributed by atoms with Crippen LogP contribution < -0.4 is 9.47 Å². The summed E-state index contributed by atoms with van der Waals surface area (Å²) in [6.07, 6.45) is -2.26. The van der Waals surface area contributed by atoms with E-state index in [9.17, 15) is 19.2 Å². The first-order valence-electron chi connectivity index (χ1n) is 11.9. The molecule has 0 N–H and O–H groups in total. The molecule has 0 unspecified atom stereocenters. The van der Waals surface area contributed by atoms with Crippen LogP contribution in [0.3, 0.4) is 0 Å². The van der Waals surface area contributed by atoms with Gasteiger partial charge in [0.25, 0.3) is 0 Å². The Morgan fingerprint density at radius 1 is 0.487 bits per heavy atom. The molecule has 0 bridgehead atoms. The topological polar surface area (TPSA) is 105 Å². The second kappa shape index (κ2) is 11.9. The van der Waals surface area contributed by atoms with Gasteiger partial charge in [-0.1, -0.05) is 74.5 Å². The smallest absolute Gasteiger partial charge is 0.395 e. The van der Waals surface area contributed by atoms with Crippen molar-refractivity contribution >= 4 is 24.2 Å². The molecule has 0 spiro atoms. The van der Waals surface area contributed by atoms with Gasteiger partial charge < -0.3 is 18.9 Å². The second-order valence-electron chi connectivity index (χ2n) is 8.89. The third-order valence-electron chi connectivity index (χ3n) is 5.93. The average molecular weight is 525 g/mol. The van der Waals surface area contributed by atoms with Crippen molar-refractivity contribution in [1.82, 2.24) is 0 Å². The van der Waals surface area contributed by atoms with Crippen LogP contribution in [-0.4, -0.2) is 24.2 Å². The Morgan fingerprint density at radius 2 is 0.821 bits per heavy atom. The van der Waals surface area contributed by atoms with E-state index in [1.165, 1.54) is 24.3 Å². The highest BCUT2D eigenvalue weighted by Crippen LogP contribution is 2.33. The first kappa shape index (κ1) is 26.8. The Hall–Kier alpha value is -5.24. The van der Waals surface area contributed by atoms with Crippen LogP contribution in [0.15, 0.2) is 109 Å². The molecule has 0 heterocycles. The van der Waals surface area contributed by atoms with Crippen molar-refractivity contribution in [2.24, 2.45) is 0 Å². The summed E-state index contributed by atoms with van der Waals surface area (Å²) in [5, 5.41) is 0. The predicted molar refractivity (Wildman–Crippen MR) is 141 cm³/mol. The Kier molecular flexibility index (Phi) is 8.16. The molecule has 0 aliphatic rings. The molecule has 4 aromatic rings. The maximum absolute atomic E-state index is 12.0. The molecule has 0 atom stereocenters. The maximum atomic E-state index is 12.0. The molecule has 0 amide bonds. The zero-order chi connectivity index (χ0) is 27.8. The van der Waals surface area contributed by atoms with Crippen LogP contribution in [0.5, 0.6) is 11.5 Å². The van der Waals surface area contributed by atoms with Crippen LogP contribution in [-0.2, 0) is 14.9 Å². The molecular weight excluding hydrogens is 500 g/mol. The van der Waals surface area contributed by atoms with Crippen LogP contribution >= 0.6 is 0 Å². The summed E-state index contributed by atoms with van der Waals surface area (Å²) in [5.41, 5.74) is 1.82. The molecule has 8 nitrogen and oxygen atoms in total. The minimum Gasteiger partial charge on any atom is -0.395 e. The highest BCUT2D eigenvalue weighted by molar-refractivity contribution is 5.96. The molecule has 196 valence electrons. The van der Waals surface area contributed by atoms with Crippen LogP contribution in [0.4, 0.5) is 9.59 Å².